The molecular formula is C25H30N6O3S. The Hall–Kier alpha value is -3.27. The summed E-state index contributed by atoms with van der Waals surface area (Å²) in [5.74, 6) is -0.160. The maximum absolute atomic E-state index is 13.1. The average Bonchev–Trinajstić information content (AvgIpc) is 3.48. The van der Waals surface area contributed by atoms with Crippen LogP contribution in [0.25, 0.3) is 10.3 Å². The first-order chi connectivity index (χ1) is 16.9. The van der Waals surface area contributed by atoms with Crippen LogP contribution < -0.4 is 21.1 Å². The van der Waals surface area contributed by atoms with Crippen LogP contribution in [0, 0.1) is 5.92 Å². The van der Waals surface area contributed by atoms with E-state index in [0.29, 0.717) is 23.4 Å². The second-order valence-electron chi connectivity index (χ2n) is 9.64. The van der Waals surface area contributed by atoms with Crippen molar-refractivity contribution in [3.63, 3.8) is 0 Å². The van der Waals surface area contributed by atoms with Gasteiger partial charge in [0.1, 0.15) is 17.6 Å². The van der Waals surface area contributed by atoms with Crippen LogP contribution in [0.3, 0.4) is 0 Å². The summed E-state index contributed by atoms with van der Waals surface area (Å²) in [5, 5.41) is 6.61. The van der Waals surface area contributed by atoms with Gasteiger partial charge in [-0.1, -0.05) is 17.4 Å². The smallest absolute Gasteiger partial charge is 0.273 e. The molecule has 2 aliphatic rings. The van der Waals surface area contributed by atoms with Crippen molar-refractivity contribution in [2.45, 2.75) is 58.5 Å². The van der Waals surface area contributed by atoms with Gasteiger partial charge in [-0.2, -0.15) is 4.98 Å². The summed E-state index contributed by atoms with van der Waals surface area (Å²) >= 11 is 1.30. The molecule has 3 aromatic rings. The van der Waals surface area contributed by atoms with Crippen molar-refractivity contribution < 1.29 is 9.59 Å². The second kappa shape index (κ2) is 9.77. The zero-order valence-corrected chi connectivity index (χ0v) is 20.9. The Morgan fingerprint density at radius 2 is 1.94 bits per heavy atom. The van der Waals surface area contributed by atoms with Crippen LogP contribution in [-0.4, -0.2) is 45.5 Å². The molecule has 0 bridgehead atoms. The Morgan fingerprint density at radius 3 is 2.71 bits per heavy atom. The maximum atomic E-state index is 13.1. The number of nitrogens with zero attached hydrogens (tertiary/aromatic N) is 4. The van der Waals surface area contributed by atoms with E-state index < -0.39 is 0 Å². The van der Waals surface area contributed by atoms with Crippen LogP contribution in [0.5, 0.6) is 0 Å². The number of fused-ring (bicyclic) bond motifs is 2. The Kier molecular flexibility index (Phi) is 6.55. The molecule has 9 nitrogen and oxygen atoms in total. The quantitative estimate of drug-likeness (QED) is 0.545. The number of amides is 2. The molecule has 5 rings (SSSR count). The molecular weight excluding hydrogens is 464 g/mol. The van der Waals surface area contributed by atoms with Crippen LogP contribution in [0.15, 0.2) is 29.3 Å². The highest BCUT2D eigenvalue weighted by Gasteiger charge is 2.27. The Balaban J connectivity index is 1.25. The van der Waals surface area contributed by atoms with E-state index in [1.54, 1.807) is 0 Å². The van der Waals surface area contributed by atoms with E-state index in [1.807, 2.05) is 26.0 Å². The van der Waals surface area contributed by atoms with E-state index in [-0.39, 0.29) is 35.9 Å². The van der Waals surface area contributed by atoms with Crippen molar-refractivity contribution in [2.24, 2.45) is 5.92 Å². The van der Waals surface area contributed by atoms with Gasteiger partial charge < -0.3 is 15.5 Å². The molecule has 3 heterocycles. The van der Waals surface area contributed by atoms with Crippen LogP contribution >= 0.6 is 11.3 Å². The number of thiazole rings is 1. The SMILES string of the molecule is CC(C)NC(=O)C1CCN(c2nc3ncn(CC(=O)Nc4ccc5c(c4)CCC5)c(=O)c3s2)CC1. The van der Waals surface area contributed by atoms with Gasteiger partial charge in [-0.15, -0.1) is 0 Å². The minimum absolute atomic E-state index is 0.00238. The molecule has 2 amide bonds. The fourth-order valence-electron chi connectivity index (χ4n) is 4.82. The molecule has 10 heteroatoms. The van der Waals surface area contributed by atoms with Crippen molar-refractivity contribution in [3.05, 3.63) is 46.0 Å². The summed E-state index contributed by atoms with van der Waals surface area (Å²) in [7, 11) is 0. The molecule has 0 unspecified atom stereocenters. The Labute approximate surface area is 207 Å². The molecule has 0 atom stereocenters. The zero-order valence-electron chi connectivity index (χ0n) is 20.0. The van der Waals surface area contributed by atoms with Gasteiger partial charge in [0.05, 0.1) is 0 Å². The van der Waals surface area contributed by atoms with Gasteiger partial charge in [0.25, 0.3) is 5.56 Å². The van der Waals surface area contributed by atoms with Gasteiger partial charge in [0.15, 0.2) is 10.8 Å². The summed E-state index contributed by atoms with van der Waals surface area (Å²) < 4.78 is 1.77. The third-order valence-electron chi connectivity index (χ3n) is 6.64. The average molecular weight is 495 g/mol. The standard InChI is InChI=1S/C25H30N6O3S/c1-15(2)27-23(33)17-8-10-30(11-9-17)25-29-22-21(35-25)24(34)31(14-26-22)13-20(32)28-19-7-6-16-4-3-5-18(16)12-19/h6-7,12,14-15,17H,3-5,8-11,13H2,1-2H3,(H,27,33)(H,28,32). The number of hydrogen-bond donors (Lipinski definition) is 2. The van der Waals surface area contributed by atoms with Crippen LogP contribution in [-0.2, 0) is 29.0 Å². The number of rotatable bonds is 6. The summed E-state index contributed by atoms with van der Waals surface area (Å²) in [6.07, 6.45) is 6.15. The van der Waals surface area contributed by atoms with Crippen LogP contribution in [0.4, 0.5) is 10.8 Å². The molecule has 35 heavy (non-hydrogen) atoms. The number of carbonyl (C=O) groups excluding carboxylic acids is 2. The van der Waals surface area contributed by atoms with Crippen LogP contribution in [0.2, 0.25) is 0 Å². The van der Waals surface area contributed by atoms with E-state index in [0.717, 1.165) is 42.9 Å². The second-order valence-corrected chi connectivity index (χ2v) is 10.6. The molecule has 0 radical (unpaired) electrons. The highest BCUT2D eigenvalue weighted by Crippen LogP contribution is 2.29. The Morgan fingerprint density at radius 1 is 1.17 bits per heavy atom. The summed E-state index contributed by atoms with van der Waals surface area (Å²) in [5.41, 5.74) is 3.50. The lowest BCUT2D eigenvalue weighted by Gasteiger charge is -2.31. The monoisotopic (exact) mass is 494 g/mol. The maximum Gasteiger partial charge on any atom is 0.273 e. The lowest BCUT2D eigenvalue weighted by atomic mass is 9.96. The van der Waals surface area contributed by atoms with Crippen molar-refractivity contribution in [1.29, 1.82) is 0 Å². The predicted molar refractivity (Wildman–Crippen MR) is 137 cm³/mol. The molecule has 2 N–H and O–H groups in total. The molecule has 1 fully saturated rings. The van der Waals surface area contributed by atoms with Crippen molar-refractivity contribution in [1.82, 2.24) is 19.9 Å². The van der Waals surface area contributed by atoms with Crippen molar-refractivity contribution in [3.8, 4) is 0 Å². The number of benzene rings is 1. The topological polar surface area (TPSA) is 109 Å². The third kappa shape index (κ3) is 5.07. The van der Waals surface area contributed by atoms with Crippen LogP contribution in [0.1, 0.15) is 44.2 Å². The Bertz CT molecular complexity index is 1320. The molecule has 2 aromatic heterocycles. The van der Waals surface area contributed by atoms with Gasteiger partial charge in [0.2, 0.25) is 11.8 Å². The molecule has 1 saturated heterocycles. The molecule has 1 aliphatic heterocycles. The summed E-state index contributed by atoms with van der Waals surface area (Å²) in [6, 6.07) is 6.14. The number of anilines is 2. The fourth-order valence-corrected chi connectivity index (χ4v) is 5.84. The first kappa shape index (κ1) is 23.5. The third-order valence-corrected chi connectivity index (χ3v) is 7.73. The molecule has 1 aliphatic carbocycles. The molecule has 0 spiro atoms. The van der Waals surface area contributed by atoms with Crippen molar-refractivity contribution >= 4 is 44.3 Å². The highest BCUT2D eigenvalue weighted by atomic mass is 32.1. The number of aryl methyl sites for hydroxylation is 2. The number of nitrogens with one attached hydrogen (secondary N) is 2. The molecule has 184 valence electrons. The number of piperidine rings is 1. The van der Waals surface area contributed by atoms with E-state index in [4.69, 9.17) is 0 Å². The van der Waals surface area contributed by atoms with Crippen molar-refractivity contribution in [2.75, 3.05) is 23.3 Å². The van der Waals surface area contributed by atoms with Gasteiger partial charge >= 0.3 is 0 Å². The minimum Gasteiger partial charge on any atom is -0.354 e. The highest BCUT2D eigenvalue weighted by molar-refractivity contribution is 7.22. The van der Waals surface area contributed by atoms with E-state index >= 15 is 0 Å². The molecule has 1 aromatic carbocycles. The minimum atomic E-state index is -0.269. The fraction of sp³-hybridized carbons (Fsp3) is 0.480. The largest absolute Gasteiger partial charge is 0.354 e. The van der Waals surface area contributed by atoms with Gasteiger partial charge in [-0.05, 0) is 69.2 Å². The van der Waals surface area contributed by atoms with E-state index in [1.165, 1.54) is 33.4 Å². The van der Waals surface area contributed by atoms with Gasteiger partial charge in [0, 0.05) is 30.7 Å². The first-order valence-electron chi connectivity index (χ1n) is 12.2. The zero-order chi connectivity index (χ0) is 24.5. The summed E-state index contributed by atoms with van der Waals surface area (Å²) in [4.78, 5) is 49.0. The normalized spacial score (nSPS) is 16.0. The predicted octanol–water partition coefficient (Wildman–Crippen LogP) is 2.72. The first-order valence-corrected chi connectivity index (χ1v) is 13.0. The van der Waals surface area contributed by atoms with Gasteiger partial charge in [-0.3, -0.25) is 19.0 Å². The van der Waals surface area contributed by atoms with E-state index in [2.05, 4.69) is 31.6 Å². The lowest BCUT2D eigenvalue weighted by Crippen LogP contribution is -2.42. The van der Waals surface area contributed by atoms with Gasteiger partial charge in [-0.25, -0.2) is 4.98 Å². The number of carbonyl (C=O) groups is 2. The molecule has 0 saturated carbocycles. The van der Waals surface area contributed by atoms with E-state index in [9.17, 15) is 14.4 Å². The number of aromatic nitrogens is 3. The number of hydrogen-bond acceptors (Lipinski definition) is 7. The lowest BCUT2D eigenvalue weighted by molar-refractivity contribution is -0.126. The summed E-state index contributed by atoms with van der Waals surface area (Å²) in [6.45, 7) is 5.22.